The van der Waals surface area contributed by atoms with Gasteiger partial charge in [0.15, 0.2) is 11.2 Å². The van der Waals surface area contributed by atoms with E-state index in [0.29, 0.717) is 114 Å². The molecule has 2 aliphatic heterocycles. The molecule has 2 saturated heterocycles. The summed E-state index contributed by atoms with van der Waals surface area (Å²) in [5.74, 6) is 1.43. The lowest BCUT2D eigenvalue weighted by Crippen LogP contribution is -2.41. The highest BCUT2D eigenvalue weighted by Gasteiger charge is 2.22. The second-order valence-corrected chi connectivity index (χ2v) is 19.4. The van der Waals surface area contributed by atoms with E-state index in [2.05, 4.69) is 36.5 Å². The number of carbonyl (C=O) groups excluding carboxylic acids is 4. The summed E-state index contributed by atoms with van der Waals surface area (Å²) in [6.45, 7) is 5.00. The van der Waals surface area contributed by atoms with Crippen molar-refractivity contribution in [2.24, 2.45) is 0 Å². The third-order valence-corrected chi connectivity index (χ3v) is 13.0. The number of hydrogen-bond donors (Lipinski definition) is 6. The number of furan rings is 2. The lowest BCUT2D eigenvalue weighted by Gasteiger charge is -2.27. The van der Waals surface area contributed by atoms with Crippen molar-refractivity contribution in [3.63, 3.8) is 0 Å². The molecule has 4 amide bonds. The Kier molecular flexibility index (Phi) is 21.0. The van der Waals surface area contributed by atoms with Gasteiger partial charge in [-0.25, -0.2) is 9.97 Å². The number of carbonyl (C=O) groups is 4. The molecule has 8 N–H and O–H groups in total. The number of halogens is 3. The van der Waals surface area contributed by atoms with Crippen LogP contribution in [0.3, 0.4) is 0 Å². The van der Waals surface area contributed by atoms with Gasteiger partial charge in [-0.05, 0) is 125 Å². The van der Waals surface area contributed by atoms with E-state index in [0.717, 1.165) is 37.5 Å². The van der Waals surface area contributed by atoms with Crippen LogP contribution < -0.4 is 27.6 Å². The highest BCUT2D eigenvalue weighted by atomic mass is 79.9. The minimum absolute atomic E-state index is 0. The van der Waals surface area contributed by atoms with E-state index < -0.39 is 7.12 Å². The monoisotopic (exact) mass is 1170 g/mol. The molecule has 0 saturated carbocycles. The number of nitrogens with two attached hydrogens (primary N) is 2. The second-order valence-electron chi connectivity index (χ2n) is 17.6. The van der Waals surface area contributed by atoms with Crippen LogP contribution in [0.25, 0.3) is 45.2 Å². The molecule has 4 aromatic heterocycles. The lowest BCUT2D eigenvalue weighted by atomic mass is 9.79. The topological polar surface area (TPSA) is 262 Å². The molecule has 0 spiro atoms. The summed E-state index contributed by atoms with van der Waals surface area (Å²) < 4.78 is 22.9. The summed E-state index contributed by atoms with van der Waals surface area (Å²) in [7, 11) is -1.55. The molecule has 0 aliphatic carbocycles. The smallest absolute Gasteiger partial charge is 0.458 e. The Morgan fingerprint density at radius 2 is 1.10 bits per heavy atom. The second kappa shape index (κ2) is 28.2. The Balaban J connectivity index is 0.000000185. The molecule has 0 radical (unpaired) electrons. The first-order valence-electron chi connectivity index (χ1n) is 24.4. The SMILES string of the molecule is C.Nc1ccc(/C=C/C(=O)NCc2cc3cc(-c4cccc(C(=O)N5CCOCC5)c4)cc(Cl)c3o2)cn1.Nc1ccc(/C=C/C(=O)NCc2cc3cc(Br)cc(Cl)c3o2)cn1.O=C(c1cccc(B(O)O)c1)N1CCOCC1. The number of aromatic nitrogens is 2. The standard InChI is InChI=1S/C28H25ClN4O4.C17H13BrClN3O2.C11H14BNO4.CH4/c29-24-15-21(19-2-1-3-20(12-19)28(35)33-8-10-36-11-9-33)13-22-14-23(37-27(22)24)17-32-26(34)7-5-18-4-6-25(30)31-16-18;18-12-5-11-6-13(24-17(11)14(19)7-12)9-22-16(23)4-2-10-1-3-15(20)21-8-10;14-11(13-4-6-17-7-5-13)9-2-1-3-10(8-9)12(15)16;/h1-7,12-16H,8-11,17H2,(H2,30,31)(H,32,34);1-8H,9H2,(H2,20,21)(H,22,23);1-3,8,15-16H,4-7H2;1H4/b7-5+;4-2+;;. The van der Waals surface area contributed by atoms with Gasteiger partial charge in [-0.3, -0.25) is 19.2 Å². The summed E-state index contributed by atoms with van der Waals surface area (Å²) in [4.78, 5) is 60.6. The fourth-order valence-electron chi connectivity index (χ4n) is 8.04. The Morgan fingerprint density at radius 1 is 0.620 bits per heavy atom. The average molecular weight is 1170 g/mol. The van der Waals surface area contributed by atoms with Crippen LogP contribution in [0, 0.1) is 0 Å². The van der Waals surface area contributed by atoms with Crippen LogP contribution in [-0.2, 0) is 32.2 Å². The molecule has 2 aliphatic rings. The van der Waals surface area contributed by atoms with Crippen molar-refractivity contribution in [1.29, 1.82) is 0 Å². The zero-order valence-corrected chi connectivity index (χ0v) is 44.8. The van der Waals surface area contributed by atoms with Gasteiger partial charge in [0.1, 0.15) is 23.2 Å². The van der Waals surface area contributed by atoms with E-state index in [-0.39, 0.29) is 44.1 Å². The molecule has 6 heterocycles. The molecule has 79 heavy (non-hydrogen) atoms. The van der Waals surface area contributed by atoms with Gasteiger partial charge >= 0.3 is 7.12 Å². The minimum Gasteiger partial charge on any atom is -0.458 e. The number of ether oxygens (including phenoxy) is 2. The Hall–Kier alpha value is -7.82. The van der Waals surface area contributed by atoms with Crippen molar-refractivity contribution < 1.29 is 47.5 Å². The van der Waals surface area contributed by atoms with Crippen molar-refractivity contribution in [1.82, 2.24) is 30.4 Å². The molecular formula is C57H56BBrCl2N8O10. The maximum absolute atomic E-state index is 12.9. The molecule has 0 bridgehead atoms. The van der Waals surface area contributed by atoms with Crippen molar-refractivity contribution in [2.45, 2.75) is 20.5 Å². The number of morpholine rings is 2. The number of fused-ring (bicyclic) bond motifs is 2. The Bertz CT molecular complexity index is 3470. The molecule has 0 unspecified atom stereocenters. The first-order chi connectivity index (χ1) is 37.6. The molecular weight excluding hydrogens is 1120 g/mol. The van der Waals surface area contributed by atoms with E-state index in [1.807, 2.05) is 54.6 Å². The van der Waals surface area contributed by atoms with E-state index in [9.17, 15) is 19.2 Å². The summed E-state index contributed by atoms with van der Waals surface area (Å²) in [5, 5.41) is 26.3. The summed E-state index contributed by atoms with van der Waals surface area (Å²) >= 11 is 16.1. The first kappa shape index (κ1) is 58.9. The number of anilines is 2. The maximum Gasteiger partial charge on any atom is 0.488 e. The van der Waals surface area contributed by atoms with Crippen molar-refractivity contribution >= 4 is 121 Å². The molecule has 10 rings (SSSR count). The van der Waals surface area contributed by atoms with E-state index in [4.69, 9.17) is 63.0 Å². The van der Waals surface area contributed by atoms with E-state index >= 15 is 0 Å². The van der Waals surface area contributed by atoms with E-state index in [1.54, 1.807) is 82.9 Å². The molecule has 18 nitrogen and oxygen atoms in total. The van der Waals surface area contributed by atoms with Crippen LogP contribution in [0.5, 0.6) is 0 Å². The van der Waals surface area contributed by atoms with E-state index in [1.165, 1.54) is 18.2 Å². The number of pyridine rings is 2. The number of hydrogen-bond acceptors (Lipinski definition) is 14. The normalized spacial score (nSPS) is 13.3. The van der Waals surface area contributed by atoms with Crippen molar-refractivity contribution in [2.75, 3.05) is 64.1 Å². The number of nitrogen functional groups attached to an aromatic ring is 2. The maximum atomic E-state index is 12.9. The van der Waals surface area contributed by atoms with Gasteiger partial charge in [0.05, 0.1) is 49.6 Å². The molecule has 2 fully saturated rings. The lowest BCUT2D eigenvalue weighted by molar-refractivity contribution is -0.117. The minimum atomic E-state index is -1.55. The zero-order valence-electron chi connectivity index (χ0n) is 41.7. The summed E-state index contributed by atoms with van der Waals surface area (Å²) in [6, 6.07) is 31.9. The molecule has 4 aromatic carbocycles. The van der Waals surface area contributed by atoms with Crippen molar-refractivity contribution in [3.05, 3.63) is 182 Å². The van der Waals surface area contributed by atoms with Gasteiger partial charge in [0.2, 0.25) is 11.8 Å². The fraction of sp³-hybridized carbons (Fsp3) is 0.193. The van der Waals surface area contributed by atoms with Gasteiger partial charge in [-0.2, -0.15) is 0 Å². The highest BCUT2D eigenvalue weighted by Crippen LogP contribution is 2.34. The van der Waals surface area contributed by atoms with Crippen LogP contribution in [0.2, 0.25) is 10.0 Å². The predicted molar refractivity (Wildman–Crippen MR) is 311 cm³/mol. The average Bonchev–Trinajstić information content (AvgIpc) is 4.18. The highest BCUT2D eigenvalue weighted by molar-refractivity contribution is 9.10. The number of rotatable bonds is 12. The quantitative estimate of drug-likeness (QED) is 0.0498. The number of amides is 4. The Morgan fingerprint density at radius 3 is 1.59 bits per heavy atom. The third kappa shape index (κ3) is 16.6. The fourth-order valence-corrected chi connectivity index (χ4v) is 9.17. The first-order valence-corrected chi connectivity index (χ1v) is 26.0. The van der Waals surface area contributed by atoms with Gasteiger partial charge < -0.3 is 60.3 Å². The molecule has 408 valence electrons. The van der Waals surface area contributed by atoms with Crippen LogP contribution in [0.15, 0.2) is 147 Å². The zero-order chi connectivity index (χ0) is 55.1. The molecule has 0 atom stereocenters. The van der Waals surface area contributed by atoms with Gasteiger partial charge in [0.25, 0.3) is 11.8 Å². The van der Waals surface area contributed by atoms with Crippen LogP contribution in [0.4, 0.5) is 11.6 Å². The number of nitrogens with zero attached hydrogens (tertiary/aromatic N) is 4. The van der Waals surface area contributed by atoms with Crippen LogP contribution >= 0.6 is 39.1 Å². The summed E-state index contributed by atoms with van der Waals surface area (Å²) in [6.07, 6.45) is 9.35. The third-order valence-electron chi connectivity index (χ3n) is 12.0. The van der Waals surface area contributed by atoms with Gasteiger partial charge in [-0.15, -0.1) is 0 Å². The van der Waals surface area contributed by atoms with Gasteiger partial charge in [-0.1, -0.05) is 70.8 Å². The van der Waals surface area contributed by atoms with Crippen LogP contribution in [0.1, 0.15) is 50.8 Å². The molecule has 8 aromatic rings. The predicted octanol–water partition coefficient (Wildman–Crippen LogP) is 8.16. The number of nitrogens with one attached hydrogen (secondary N) is 2. The summed E-state index contributed by atoms with van der Waals surface area (Å²) in [5.41, 5.74) is 16.9. The van der Waals surface area contributed by atoms with Crippen molar-refractivity contribution in [3.8, 4) is 11.1 Å². The Labute approximate surface area is 474 Å². The largest absolute Gasteiger partial charge is 0.488 e. The molecule has 22 heteroatoms. The van der Waals surface area contributed by atoms with Crippen LogP contribution in [-0.4, -0.2) is 113 Å². The number of benzene rings is 4. The van der Waals surface area contributed by atoms with Gasteiger partial charge in [0, 0.05) is 77.1 Å².